The molecule has 2 amide bonds. The Hall–Kier alpha value is -1.67. The molecule has 2 saturated heterocycles. The number of primary amides is 1. The van der Waals surface area contributed by atoms with Gasteiger partial charge in [-0.1, -0.05) is 0 Å². The average molecular weight is 272 g/mol. The smallest absolute Gasteiger partial charge is 0.328 e. The maximum Gasteiger partial charge on any atom is 0.328 e. The van der Waals surface area contributed by atoms with Crippen molar-refractivity contribution in [3.05, 3.63) is 0 Å². The van der Waals surface area contributed by atoms with Crippen LogP contribution in [0.1, 0.15) is 12.8 Å². The van der Waals surface area contributed by atoms with Gasteiger partial charge in [-0.3, -0.25) is 9.59 Å². The monoisotopic (exact) mass is 272 g/mol. The van der Waals surface area contributed by atoms with E-state index in [-0.39, 0.29) is 6.10 Å². The van der Waals surface area contributed by atoms with Crippen molar-refractivity contribution in [2.75, 3.05) is 6.61 Å². The maximum absolute atomic E-state index is 12.1. The number of hydrogen-bond donors (Lipinski definition) is 4. The summed E-state index contributed by atoms with van der Waals surface area (Å²) in [6, 6.07) is -1.39. The quantitative estimate of drug-likeness (QED) is 0.449. The van der Waals surface area contributed by atoms with E-state index in [0.29, 0.717) is 12.8 Å². The topological polar surface area (TPSA) is 139 Å². The van der Waals surface area contributed by atoms with Crippen LogP contribution in [0.4, 0.5) is 0 Å². The second-order valence-electron chi connectivity index (χ2n) is 4.83. The van der Waals surface area contributed by atoms with Gasteiger partial charge in [-0.05, 0) is 12.8 Å². The number of carboxylic acid groups (broad SMARTS) is 1. The molecule has 0 radical (unpaired) electrons. The molecule has 0 spiro atoms. The lowest BCUT2D eigenvalue weighted by atomic mass is 9.78. The highest BCUT2D eigenvalue weighted by atomic mass is 16.5. The first-order valence-corrected chi connectivity index (χ1v) is 6.04. The molecule has 2 rings (SSSR count). The lowest BCUT2D eigenvalue weighted by Crippen LogP contribution is -2.51. The van der Waals surface area contributed by atoms with Gasteiger partial charge in [0, 0.05) is 0 Å². The number of nitrogens with two attached hydrogens (primary N) is 1. The lowest BCUT2D eigenvalue weighted by molar-refractivity contribution is -0.144. The van der Waals surface area contributed by atoms with E-state index in [9.17, 15) is 14.4 Å². The summed E-state index contributed by atoms with van der Waals surface area (Å²) < 4.78 is 5.48. The van der Waals surface area contributed by atoms with E-state index in [0.717, 1.165) is 0 Å². The van der Waals surface area contributed by atoms with Gasteiger partial charge in [-0.2, -0.15) is 0 Å². The van der Waals surface area contributed by atoms with E-state index in [1.807, 2.05) is 0 Å². The molecular weight excluding hydrogens is 256 g/mol. The summed E-state index contributed by atoms with van der Waals surface area (Å²) in [6.07, 6.45) is 0.541. The van der Waals surface area contributed by atoms with Crippen LogP contribution >= 0.6 is 0 Å². The number of fused-ring (bicyclic) bond motifs is 2. The van der Waals surface area contributed by atoms with E-state index < -0.39 is 48.4 Å². The van der Waals surface area contributed by atoms with Crippen molar-refractivity contribution in [1.29, 1.82) is 0 Å². The lowest BCUT2D eigenvalue weighted by Gasteiger charge is -2.25. The first kappa shape index (κ1) is 13.8. The summed E-state index contributed by atoms with van der Waals surface area (Å²) in [6.45, 7) is -0.718. The molecule has 2 bridgehead atoms. The van der Waals surface area contributed by atoms with Gasteiger partial charge in [0.15, 0.2) is 0 Å². The summed E-state index contributed by atoms with van der Waals surface area (Å²) in [5, 5.41) is 19.9. The number of amides is 2. The van der Waals surface area contributed by atoms with Crippen LogP contribution in [0.2, 0.25) is 0 Å². The number of hydrogen-bond acceptors (Lipinski definition) is 5. The van der Waals surface area contributed by atoms with E-state index in [2.05, 4.69) is 5.32 Å². The van der Waals surface area contributed by atoms with Gasteiger partial charge in [-0.15, -0.1) is 0 Å². The molecule has 5 unspecified atom stereocenters. The predicted octanol–water partition coefficient (Wildman–Crippen LogP) is -2.17. The Kier molecular flexibility index (Phi) is 3.72. The van der Waals surface area contributed by atoms with Gasteiger partial charge in [0.2, 0.25) is 11.8 Å². The van der Waals surface area contributed by atoms with Crippen molar-refractivity contribution < 1.29 is 29.3 Å². The van der Waals surface area contributed by atoms with Gasteiger partial charge in [-0.25, -0.2) is 4.79 Å². The SMILES string of the molecule is NC(=O)C1C2CCC(O2)C1C(=O)NC(CO)C(=O)O. The fourth-order valence-electron chi connectivity index (χ4n) is 2.83. The minimum Gasteiger partial charge on any atom is -0.480 e. The maximum atomic E-state index is 12.1. The number of rotatable bonds is 5. The zero-order chi connectivity index (χ0) is 14.2. The number of aliphatic hydroxyl groups is 1. The molecule has 2 heterocycles. The molecule has 5 N–H and O–H groups in total. The van der Waals surface area contributed by atoms with Gasteiger partial charge < -0.3 is 26.0 Å². The van der Waals surface area contributed by atoms with Crippen LogP contribution in [0.15, 0.2) is 0 Å². The van der Waals surface area contributed by atoms with Crippen LogP contribution in [0.3, 0.4) is 0 Å². The molecule has 8 nitrogen and oxygen atoms in total. The number of carboxylic acids is 1. The van der Waals surface area contributed by atoms with E-state index >= 15 is 0 Å². The second kappa shape index (κ2) is 5.14. The minimum absolute atomic E-state index is 0.365. The molecule has 0 aromatic heterocycles. The Balaban J connectivity index is 2.09. The Morgan fingerprint density at radius 2 is 1.84 bits per heavy atom. The van der Waals surface area contributed by atoms with E-state index in [1.54, 1.807) is 0 Å². The van der Waals surface area contributed by atoms with E-state index in [4.69, 9.17) is 20.7 Å². The molecule has 0 aromatic carbocycles. The summed E-state index contributed by atoms with van der Waals surface area (Å²) in [5.74, 6) is -4.08. The van der Waals surface area contributed by atoms with Gasteiger partial charge in [0.25, 0.3) is 0 Å². The second-order valence-corrected chi connectivity index (χ2v) is 4.83. The Morgan fingerprint density at radius 1 is 1.26 bits per heavy atom. The average Bonchev–Trinajstić information content (AvgIpc) is 2.94. The molecule has 19 heavy (non-hydrogen) atoms. The molecule has 0 saturated carbocycles. The van der Waals surface area contributed by atoms with Crippen molar-refractivity contribution in [2.24, 2.45) is 17.6 Å². The third kappa shape index (κ3) is 2.41. The Labute approximate surface area is 108 Å². The van der Waals surface area contributed by atoms with Gasteiger partial charge in [0.05, 0.1) is 30.7 Å². The molecule has 0 aromatic rings. The third-order valence-corrected chi connectivity index (χ3v) is 3.70. The predicted molar refractivity (Wildman–Crippen MR) is 60.7 cm³/mol. The standard InChI is InChI=1S/C11H16N2O6/c12-9(15)7-5-1-2-6(19-5)8(7)10(16)13-4(3-14)11(17)18/h4-8,14H,1-3H2,(H2,12,15)(H,13,16)(H,17,18). The first-order chi connectivity index (χ1) is 8.95. The largest absolute Gasteiger partial charge is 0.480 e. The molecule has 106 valence electrons. The Bertz CT molecular complexity index is 412. The van der Waals surface area contributed by atoms with Gasteiger partial charge in [0.1, 0.15) is 6.04 Å². The highest BCUT2D eigenvalue weighted by Crippen LogP contribution is 2.43. The molecule has 2 aliphatic rings. The van der Waals surface area contributed by atoms with Crippen molar-refractivity contribution in [1.82, 2.24) is 5.32 Å². The zero-order valence-electron chi connectivity index (χ0n) is 10.1. The summed E-state index contributed by atoms with van der Waals surface area (Å²) in [7, 11) is 0. The number of nitrogens with one attached hydrogen (secondary N) is 1. The van der Waals surface area contributed by atoms with Crippen LogP contribution in [0.25, 0.3) is 0 Å². The molecular formula is C11H16N2O6. The zero-order valence-corrected chi connectivity index (χ0v) is 10.1. The van der Waals surface area contributed by atoms with Crippen molar-refractivity contribution in [3.63, 3.8) is 0 Å². The highest BCUT2D eigenvalue weighted by molar-refractivity contribution is 5.91. The van der Waals surface area contributed by atoms with Crippen molar-refractivity contribution >= 4 is 17.8 Å². The fourth-order valence-corrected chi connectivity index (χ4v) is 2.83. The molecule has 8 heteroatoms. The molecule has 0 aliphatic carbocycles. The number of carbonyl (C=O) groups is 3. The summed E-state index contributed by atoms with van der Waals surface area (Å²) in [5.41, 5.74) is 5.27. The fraction of sp³-hybridized carbons (Fsp3) is 0.727. The summed E-state index contributed by atoms with van der Waals surface area (Å²) in [4.78, 5) is 34.2. The minimum atomic E-state index is -1.39. The highest BCUT2D eigenvalue weighted by Gasteiger charge is 2.55. The van der Waals surface area contributed by atoms with Crippen LogP contribution < -0.4 is 11.1 Å². The van der Waals surface area contributed by atoms with E-state index in [1.165, 1.54) is 0 Å². The van der Waals surface area contributed by atoms with Crippen LogP contribution in [0.5, 0.6) is 0 Å². The van der Waals surface area contributed by atoms with Crippen molar-refractivity contribution in [2.45, 2.75) is 31.1 Å². The first-order valence-electron chi connectivity index (χ1n) is 6.04. The Morgan fingerprint density at radius 3 is 2.32 bits per heavy atom. The number of aliphatic carboxylic acids is 1. The van der Waals surface area contributed by atoms with Crippen molar-refractivity contribution in [3.8, 4) is 0 Å². The van der Waals surface area contributed by atoms with Crippen LogP contribution in [-0.2, 0) is 19.1 Å². The number of aliphatic hydroxyl groups excluding tert-OH is 1. The summed E-state index contributed by atoms with van der Waals surface area (Å²) >= 11 is 0. The van der Waals surface area contributed by atoms with Gasteiger partial charge >= 0.3 is 5.97 Å². The molecule has 5 atom stereocenters. The third-order valence-electron chi connectivity index (χ3n) is 3.70. The molecule has 2 fully saturated rings. The van der Waals surface area contributed by atoms with Crippen LogP contribution in [-0.4, -0.2) is 52.9 Å². The molecule has 2 aliphatic heterocycles. The van der Waals surface area contributed by atoms with Crippen LogP contribution in [0, 0.1) is 11.8 Å². The normalized spacial score (nSPS) is 33.9. The number of ether oxygens (including phenoxy) is 1. The number of carbonyl (C=O) groups excluding carboxylic acids is 2.